The first-order chi connectivity index (χ1) is 8.33. The summed E-state index contributed by atoms with van der Waals surface area (Å²) in [5, 5.41) is 3.38. The third kappa shape index (κ3) is 3.10. The van der Waals surface area contributed by atoms with Crippen LogP contribution in [-0.4, -0.2) is 19.7 Å². The van der Waals surface area contributed by atoms with Gasteiger partial charge in [-0.05, 0) is 36.2 Å². The van der Waals surface area contributed by atoms with Crippen LogP contribution in [0.25, 0.3) is 6.08 Å². The average Bonchev–Trinajstić information content (AvgIpc) is 2.81. The van der Waals surface area contributed by atoms with Crippen LogP contribution in [0.4, 0.5) is 0 Å². The Bertz CT molecular complexity index is 409. The highest BCUT2D eigenvalue weighted by Crippen LogP contribution is 2.26. The molecule has 2 rings (SSSR count). The summed E-state index contributed by atoms with van der Waals surface area (Å²) in [7, 11) is 0. The van der Waals surface area contributed by atoms with Crippen LogP contribution < -0.4 is 10.1 Å². The lowest BCUT2D eigenvalue weighted by molar-refractivity contribution is 0.357. The van der Waals surface area contributed by atoms with E-state index >= 15 is 0 Å². The largest absolute Gasteiger partial charge is 0.493 e. The summed E-state index contributed by atoms with van der Waals surface area (Å²) in [4.78, 5) is 0. The van der Waals surface area contributed by atoms with Gasteiger partial charge in [-0.2, -0.15) is 0 Å². The molecule has 1 N–H and O–H groups in total. The molecule has 0 amide bonds. The predicted octanol–water partition coefficient (Wildman–Crippen LogP) is 3.02. The van der Waals surface area contributed by atoms with E-state index < -0.39 is 0 Å². The Morgan fingerprint density at radius 1 is 1.41 bits per heavy atom. The minimum atomic E-state index is 0.834. The molecule has 1 aromatic carbocycles. The number of nitrogens with one attached hydrogen (secondary N) is 1. The molecule has 17 heavy (non-hydrogen) atoms. The maximum atomic E-state index is 5.52. The van der Waals surface area contributed by atoms with Gasteiger partial charge in [0.15, 0.2) is 0 Å². The van der Waals surface area contributed by atoms with Crippen LogP contribution in [0.1, 0.15) is 31.4 Å². The van der Waals surface area contributed by atoms with Gasteiger partial charge in [0.1, 0.15) is 5.75 Å². The molecule has 1 aliphatic heterocycles. The van der Waals surface area contributed by atoms with E-state index in [0.717, 1.165) is 38.3 Å². The smallest absolute Gasteiger partial charge is 0.122 e. The summed E-state index contributed by atoms with van der Waals surface area (Å²) in [5.41, 5.74) is 4.09. The summed E-state index contributed by atoms with van der Waals surface area (Å²) >= 11 is 0. The number of likely N-dealkylation sites (N-methyl/N-ethyl adjacent to an activating group) is 1. The normalized spacial score (nSPS) is 14.6. The molecule has 0 saturated heterocycles. The highest BCUT2D eigenvalue weighted by atomic mass is 16.5. The van der Waals surface area contributed by atoms with Crippen LogP contribution in [0, 0.1) is 0 Å². The van der Waals surface area contributed by atoms with Gasteiger partial charge in [0.2, 0.25) is 0 Å². The lowest BCUT2D eigenvalue weighted by Crippen LogP contribution is -2.15. The first kappa shape index (κ1) is 12.2. The van der Waals surface area contributed by atoms with E-state index in [-0.39, 0.29) is 0 Å². The Hall–Kier alpha value is -1.28. The third-order valence-electron chi connectivity index (χ3n) is 3.14. The third-order valence-corrected chi connectivity index (χ3v) is 3.14. The van der Waals surface area contributed by atoms with E-state index in [1.165, 1.54) is 16.7 Å². The zero-order valence-corrected chi connectivity index (χ0v) is 10.8. The minimum absolute atomic E-state index is 0.834. The SMILES string of the molecule is CCNCC(=Cc1ccc2c(c1)CCO2)CC. The second-order valence-corrected chi connectivity index (χ2v) is 4.40. The van der Waals surface area contributed by atoms with Gasteiger partial charge >= 0.3 is 0 Å². The van der Waals surface area contributed by atoms with Crippen molar-refractivity contribution in [2.45, 2.75) is 26.7 Å². The zero-order chi connectivity index (χ0) is 12.1. The number of ether oxygens (including phenoxy) is 1. The van der Waals surface area contributed by atoms with Gasteiger partial charge in [-0.1, -0.05) is 31.6 Å². The molecule has 0 saturated carbocycles. The predicted molar refractivity (Wildman–Crippen MR) is 72.5 cm³/mol. The average molecular weight is 231 g/mol. The van der Waals surface area contributed by atoms with Crippen LogP contribution in [0.5, 0.6) is 5.75 Å². The van der Waals surface area contributed by atoms with Crippen LogP contribution in [0.2, 0.25) is 0 Å². The van der Waals surface area contributed by atoms with Crippen molar-refractivity contribution in [2.24, 2.45) is 0 Å². The number of hydrogen-bond donors (Lipinski definition) is 1. The first-order valence-corrected chi connectivity index (χ1v) is 6.49. The number of rotatable bonds is 5. The zero-order valence-electron chi connectivity index (χ0n) is 10.8. The fraction of sp³-hybridized carbons (Fsp3) is 0.467. The van der Waals surface area contributed by atoms with Crippen molar-refractivity contribution >= 4 is 6.08 Å². The Labute approximate surface area is 104 Å². The fourth-order valence-electron chi connectivity index (χ4n) is 2.10. The summed E-state index contributed by atoms with van der Waals surface area (Å²) in [6.45, 7) is 7.19. The maximum absolute atomic E-state index is 5.52. The fourth-order valence-corrected chi connectivity index (χ4v) is 2.10. The molecule has 2 nitrogen and oxygen atoms in total. The Morgan fingerprint density at radius 3 is 3.06 bits per heavy atom. The maximum Gasteiger partial charge on any atom is 0.122 e. The number of benzene rings is 1. The second-order valence-electron chi connectivity index (χ2n) is 4.40. The Balaban J connectivity index is 2.13. The van der Waals surface area contributed by atoms with Gasteiger partial charge in [-0.3, -0.25) is 0 Å². The monoisotopic (exact) mass is 231 g/mol. The number of fused-ring (bicyclic) bond motifs is 1. The first-order valence-electron chi connectivity index (χ1n) is 6.49. The summed E-state index contributed by atoms with van der Waals surface area (Å²) in [6.07, 6.45) is 4.44. The molecule has 0 aromatic heterocycles. The van der Waals surface area contributed by atoms with E-state index in [0.29, 0.717) is 0 Å². The molecule has 0 atom stereocenters. The van der Waals surface area contributed by atoms with Crippen molar-refractivity contribution in [2.75, 3.05) is 19.7 Å². The molecule has 1 aliphatic rings. The molecule has 1 heterocycles. The Kier molecular flexibility index (Phi) is 4.21. The molecule has 1 aromatic rings. The second kappa shape index (κ2) is 5.87. The van der Waals surface area contributed by atoms with Gasteiger partial charge in [0, 0.05) is 13.0 Å². The quantitative estimate of drug-likeness (QED) is 0.841. The topological polar surface area (TPSA) is 21.3 Å². The van der Waals surface area contributed by atoms with E-state index in [2.05, 4.69) is 43.4 Å². The van der Waals surface area contributed by atoms with E-state index in [9.17, 15) is 0 Å². The van der Waals surface area contributed by atoms with Crippen molar-refractivity contribution in [1.29, 1.82) is 0 Å². The van der Waals surface area contributed by atoms with Crippen LogP contribution in [0.3, 0.4) is 0 Å². The summed E-state index contributed by atoms with van der Waals surface area (Å²) in [6, 6.07) is 6.49. The highest BCUT2D eigenvalue weighted by Gasteiger charge is 2.11. The van der Waals surface area contributed by atoms with Gasteiger partial charge in [0.05, 0.1) is 6.61 Å². The van der Waals surface area contributed by atoms with Gasteiger partial charge < -0.3 is 10.1 Å². The molecule has 0 aliphatic carbocycles. The Morgan fingerprint density at radius 2 is 2.29 bits per heavy atom. The van der Waals surface area contributed by atoms with Crippen molar-refractivity contribution in [3.05, 3.63) is 34.9 Å². The molecule has 0 bridgehead atoms. The van der Waals surface area contributed by atoms with Crippen molar-refractivity contribution < 1.29 is 4.74 Å². The lowest BCUT2D eigenvalue weighted by Gasteiger charge is -2.06. The summed E-state index contributed by atoms with van der Waals surface area (Å²) in [5.74, 6) is 1.06. The van der Waals surface area contributed by atoms with Crippen LogP contribution >= 0.6 is 0 Å². The molecule has 0 fully saturated rings. The van der Waals surface area contributed by atoms with Crippen LogP contribution in [0.15, 0.2) is 23.8 Å². The molecular formula is C15H21NO. The van der Waals surface area contributed by atoms with Gasteiger partial charge in [-0.25, -0.2) is 0 Å². The van der Waals surface area contributed by atoms with Crippen molar-refractivity contribution in [1.82, 2.24) is 5.32 Å². The molecule has 0 radical (unpaired) electrons. The molecule has 92 valence electrons. The van der Waals surface area contributed by atoms with E-state index in [1.54, 1.807) is 0 Å². The van der Waals surface area contributed by atoms with Crippen molar-refractivity contribution in [3.8, 4) is 5.75 Å². The number of hydrogen-bond acceptors (Lipinski definition) is 2. The van der Waals surface area contributed by atoms with E-state index in [4.69, 9.17) is 4.74 Å². The van der Waals surface area contributed by atoms with Gasteiger partial charge in [-0.15, -0.1) is 0 Å². The molecular weight excluding hydrogens is 210 g/mol. The molecule has 2 heteroatoms. The highest BCUT2D eigenvalue weighted by molar-refractivity contribution is 5.57. The standard InChI is InChI=1S/C15H21NO/c1-3-12(11-16-4-2)9-13-5-6-15-14(10-13)7-8-17-15/h5-6,9-10,16H,3-4,7-8,11H2,1-2H3. The van der Waals surface area contributed by atoms with Gasteiger partial charge in [0.25, 0.3) is 0 Å². The van der Waals surface area contributed by atoms with Crippen molar-refractivity contribution in [3.63, 3.8) is 0 Å². The van der Waals surface area contributed by atoms with Crippen LogP contribution in [-0.2, 0) is 6.42 Å². The lowest BCUT2D eigenvalue weighted by atomic mass is 10.0. The minimum Gasteiger partial charge on any atom is -0.493 e. The summed E-state index contributed by atoms with van der Waals surface area (Å²) < 4.78 is 5.52. The van der Waals surface area contributed by atoms with E-state index in [1.807, 2.05) is 0 Å². The molecule has 0 spiro atoms. The molecule has 0 unspecified atom stereocenters.